The minimum atomic E-state index is -4.46. The van der Waals surface area contributed by atoms with Crippen LogP contribution in [0.3, 0.4) is 0 Å². The molecule has 1 aromatic heterocycles. The van der Waals surface area contributed by atoms with Gasteiger partial charge < -0.3 is 0 Å². The van der Waals surface area contributed by atoms with Crippen molar-refractivity contribution in [1.82, 2.24) is 14.1 Å². The zero-order valence-electron chi connectivity index (χ0n) is 12.1. The molecule has 0 bridgehead atoms. The van der Waals surface area contributed by atoms with Crippen molar-refractivity contribution in [3.63, 3.8) is 0 Å². The summed E-state index contributed by atoms with van der Waals surface area (Å²) in [5.74, 6) is 0. The zero-order valence-corrected chi connectivity index (χ0v) is 12.9. The van der Waals surface area contributed by atoms with Gasteiger partial charge in [-0.3, -0.25) is 4.68 Å². The van der Waals surface area contributed by atoms with Crippen LogP contribution in [-0.4, -0.2) is 41.8 Å². The van der Waals surface area contributed by atoms with E-state index in [9.17, 15) is 21.6 Å². The molecule has 0 unspecified atom stereocenters. The Hall–Kier alpha value is -1.09. The fraction of sp³-hybridized carbons (Fsp3) is 0.750. The van der Waals surface area contributed by atoms with Gasteiger partial charge in [0.2, 0.25) is 10.0 Å². The van der Waals surface area contributed by atoms with E-state index in [2.05, 4.69) is 5.10 Å². The summed E-state index contributed by atoms with van der Waals surface area (Å²) in [5.41, 5.74) is -0.237. The van der Waals surface area contributed by atoms with E-state index < -0.39 is 21.9 Å². The second-order valence-electron chi connectivity index (χ2n) is 5.39. The van der Waals surface area contributed by atoms with E-state index in [1.165, 1.54) is 15.9 Å². The molecular formula is C12H18F3N3O2S. The molecule has 0 atom stereocenters. The SMILES string of the molecule is Cc1c(C(F)(F)F)nn(C2CCN(S(C)(=O)=O)CC2)c1C. The summed E-state index contributed by atoms with van der Waals surface area (Å²) < 4.78 is 64.2. The van der Waals surface area contributed by atoms with Crippen molar-refractivity contribution < 1.29 is 21.6 Å². The molecule has 0 saturated carbocycles. The lowest BCUT2D eigenvalue weighted by Gasteiger charge is -2.30. The molecule has 0 radical (unpaired) electrons. The van der Waals surface area contributed by atoms with E-state index in [0.29, 0.717) is 31.6 Å². The third kappa shape index (κ3) is 3.23. The Kier molecular flexibility index (Phi) is 4.09. The first kappa shape index (κ1) is 16.3. The fourth-order valence-corrected chi connectivity index (χ4v) is 3.52. The minimum absolute atomic E-state index is 0.132. The lowest BCUT2D eigenvalue weighted by Crippen LogP contribution is -2.38. The van der Waals surface area contributed by atoms with Crippen molar-refractivity contribution in [1.29, 1.82) is 0 Å². The van der Waals surface area contributed by atoms with Crippen molar-refractivity contribution in [2.45, 2.75) is 38.9 Å². The van der Waals surface area contributed by atoms with Crippen LogP contribution in [-0.2, 0) is 16.2 Å². The first-order valence-electron chi connectivity index (χ1n) is 6.60. The molecular weight excluding hydrogens is 307 g/mol. The first-order chi connectivity index (χ1) is 9.51. The third-order valence-electron chi connectivity index (χ3n) is 3.96. The van der Waals surface area contributed by atoms with Crippen molar-refractivity contribution in [3.8, 4) is 0 Å². The summed E-state index contributed by atoms with van der Waals surface area (Å²) in [4.78, 5) is 0. The van der Waals surface area contributed by atoms with E-state index in [-0.39, 0.29) is 11.6 Å². The summed E-state index contributed by atoms with van der Waals surface area (Å²) in [7, 11) is -3.24. The maximum Gasteiger partial charge on any atom is 0.435 e. The number of halogens is 3. The van der Waals surface area contributed by atoms with Crippen LogP contribution < -0.4 is 0 Å². The summed E-state index contributed by atoms with van der Waals surface area (Å²) >= 11 is 0. The molecule has 1 fully saturated rings. The fourth-order valence-electron chi connectivity index (χ4n) is 2.64. The van der Waals surface area contributed by atoms with Crippen LogP contribution in [0.2, 0.25) is 0 Å². The summed E-state index contributed by atoms with van der Waals surface area (Å²) in [5, 5.41) is 3.72. The van der Waals surface area contributed by atoms with Crippen molar-refractivity contribution in [3.05, 3.63) is 17.0 Å². The topological polar surface area (TPSA) is 55.2 Å². The van der Waals surface area contributed by atoms with Gasteiger partial charge in [0.1, 0.15) is 0 Å². The molecule has 1 aliphatic heterocycles. The zero-order chi connectivity index (χ0) is 16.0. The molecule has 1 saturated heterocycles. The van der Waals surface area contributed by atoms with Crippen LogP contribution in [0, 0.1) is 13.8 Å². The molecule has 2 rings (SSSR count). The highest BCUT2D eigenvalue weighted by Gasteiger charge is 2.38. The number of nitrogens with zero attached hydrogens (tertiary/aromatic N) is 3. The number of aromatic nitrogens is 2. The molecule has 0 amide bonds. The predicted octanol–water partition coefficient (Wildman–Crippen LogP) is 2.12. The van der Waals surface area contributed by atoms with Gasteiger partial charge in [-0.1, -0.05) is 0 Å². The van der Waals surface area contributed by atoms with Gasteiger partial charge in [-0.15, -0.1) is 0 Å². The Labute approximate surface area is 121 Å². The van der Waals surface area contributed by atoms with E-state index in [1.54, 1.807) is 6.92 Å². The normalized spacial score (nSPS) is 19.1. The van der Waals surface area contributed by atoms with Crippen molar-refractivity contribution >= 4 is 10.0 Å². The molecule has 1 aliphatic rings. The van der Waals surface area contributed by atoms with Crippen LogP contribution in [0.15, 0.2) is 0 Å². The molecule has 0 spiro atoms. The molecule has 0 N–H and O–H groups in total. The third-order valence-corrected chi connectivity index (χ3v) is 5.26. The maximum absolute atomic E-state index is 12.9. The highest BCUT2D eigenvalue weighted by atomic mass is 32.2. The highest BCUT2D eigenvalue weighted by molar-refractivity contribution is 7.88. The monoisotopic (exact) mass is 325 g/mol. The molecule has 120 valence electrons. The van der Waals surface area contributed by atoms with Gasteiger partial charge in [-0.05, 0) is 26.7 Å². The van der Waals surface area contributed by atoms with E-state index in [4.69, 9.17) is 0 Å². The van der Waals surface area contributed by atoms with Crippen LogP contribution >= 0.6 is 0 Å². The number of alkyl halides is 3. The Balaban J connectivity index is 2.22. The summed E-state index contributed by atoms with van der Waals surface area (Å²) in [6.07, 6.45) is -2.40. The maximum atomic E-state index is 12.9. The Morgan fingerprint density at radius 3 is 2.10 bits per heavy atom. The lowest BCUT2D eigenvalue weighted by molar-refractivity contribution is -0.142. The minimum Gasteiger partial charge on any atom is -0.266 e. The van der Waals surface area contributed by atoms with Gasteiger partial charge in [0.15, 0.2) is 5.69 Å². The van der Waals surface area contributed by atoms with Crippen LogP contribution in [0.4, 0.5) is 13.2 Å². The van der Waals surface area contributed by atoms with Crippen LogP contribution in [0.25, 0.3) is 0 Å². The predicted molar refractivity (Wildman–Crippen MR) is 71.4 cm³/mol. The molecule has 1 aromatic rings. The Morgan fingerprint density at radius 1 is 1.19 bits per heavy atom. The average molecular weight is 325 g/mol. The average Bonchev–Trinajstić information content (AvgIpc) is 2.65. The number of sulfonamides is 1. The molecule has 2 heterocycles. The van der Waals surface area contributed by atoms with Crippen molar-refractivity contribution in [2.24, 2.45) is 0 Å². The van der Waals surface area contributed by atoms with Gasteiger partial charge in [0, 0.05) is 24.3 Å². The quantitative estimate of drug-likeness (QED) is 0.837. The molecule has 9 heteroatoms. The van der Waals surface area contributed by atoms with Gasteiger partial charge >= 0.3 is 6.18 Å². The second-order valence-corrected chi connectivity index (χ2v) is 7.38. The van der Waals surface area contributed by atoms with Gasteiger partial charge in [-0.2, -0.15) is 18.3 Å². The smallest absolute Gasteiger partial charge is 0.266 e. The largest absolute Gasteiger partial charge is 0.435 e. The van der Waals surface area contributed by atoms with E-state index >= 15 is 0 Å². The highest BCUT2D eigenvalue weighted by Crippen LogP contribution is 2.34. The van der Waals surface area contributed by atoms with Gasteiger partial charge in [-0.25, -0.2) is 12.7 Å². The summed E-state index contributed by atoms with van der Waals surface area (Å²) in [6.45, 7) is 3.64. The number of piperidine rings is 1. The standard InChI is InChI=1S/C12H18F3N3O2S/c1-8-9(2)18(16-11(8)12(13,14)15)10-4-6-17(7-5-10)21(3,19)20/h10H,4-7H2,1-3H3. The molecule has 0 aromatic carbocycles. The van der Waals surface area contributed by atoms with Crippen LogP contribution in [0.1, 0.15) is 35.8 Å². The van der Waals surface area contributed by atoms with E-state index in [0.717, 1.165) is 6.26 Å². The Bertz CT molecular complexity index is 629. The number of rotatable bonds is 2. The Morgan fingerprint density at radius 2 is 1.71 bits per heavy atom. The van der Waals surface area contributed by atoms with Crippen molar-refractivity contribution in [2.75, 3.05) is 19.3 Å². The second kappa shape index (κ2) is 5.28. The van der Waals surface area contributed by atoms with E-state index in [1.807, 2.05) is 0 Å². The van der Waals surface area contributed by atoms with Crippen LogP contribution in [0.5, 0.6) is 0 Å². The van der Waals surface area contributed by atoms with Gasteiger partial charge in [0.25, 0.3) is 0 Å². The number of hydrogen-bond acceptors (Lipinski definition) is 3. The number of hydrogen-bond donors (Lipinski definition) is 0. The van der Waals surface area contributed by atoms with Gasteiger partial charge in [0.05, 0.1) is 12.3 Å². The lowest BCUT2D eigenvalue weighted by atomic mass is 10.1. The first-order valence-corrected chi connectivity index (χ1v) is 8.44. The molecule has 21 heavy (non-hydrogen) atoms. The molecule has 5 nitrogen and oxygen atoms in total. The molecule has 0 aliphatic carbocycles. The summed E-state index contributed by atoms with van der Waals surface area (Å²) in [6, 6.07) is -0.196.